The van der Waals surface area contributed by atoms with Crippen LogP contribution in [0.1, 0.15) is 31.1 Å². The molecule has 1 N–H and O–H groups in total. The zero-order valence-corrected chi connectivity index (χ0v) is 11.8. The molecule has 1 aliphatic rings. The fourth-order valence-electron chi connectivity index (χ4n) is 2.41. The Kier molecular flexibility index (Phi) is 5.20. The van der Waals surface area contributed by atoms with Crippen LogP contribution in [0.15, 0.2) is 17.5 Å². The Hall–Kier alpha value is -0.870. The molecule has 1 aromatic rings. The minimum Gasteiger partial charge on any atom is -0.341 e. The Morgan fingerprint density at radius 1 is 1.56 bits per heavy atom. The highest BCUT2D eigenvalue weighted by Gasteiger charge is 2.24. The minimum absolute atomic E-state index is 0.0574. The summed E-state index contributed by atoms with van der Waals surface area (Å²) in [5, 5.41) is 5.43. The summed E-state index contributed by atoms with van der Waals surface area (Å²) in [4.78, 5) is 15.7. The van der Waals surface area contributed by atoms with Crippen molar-refractivity contribution in [1.82, 2.24) is 10.2 Å². The number of amides is 1. The van der Waals surface area contributed by atoms with Gasteiger partial charge in [0, 0.05) is 18.0 Å². The van der Waals surface area contributed by atoms with Crippen molar-refractivity contribution >= 4 is 17.2 Å². The third-order valence-electron chi connectivity index (χ3n) is 3.51. The van der Waals surface area contributed by atoms with Crippen molar-refractivity contribution < 1.29 is 4.79 Å². The SMILES string of the molecule is CCN(CCc1cccs1)C(=O)C1CCCCN1. The van der Waals surface area contributed by atoms with Gasteiger partial charge in [-0.05, 0) is 44.2 Å². The third-order valence-corrected chi connectivity index (χ3v) is 4.45. The van der Waals surface area contributed by atoms with Gasteiger partial charge < -0.3 is 10.2 Å². The molecular formula is C14H22N2OS. The van der Waals surface area contributed by atoms with Crippen LogP contribution in [0, 0.1) is 0 Å². The smallest absolute Gasteiger partial charge is 0.239 e. The van der Waals surface area contributed by atoms with Crippen LogP contribution >= 0.6 is 11.3 Å². The van der Waals surface area contributed by atoms with Gasteiger partial charge in [-0.2, -0.15) is 0 Å². The van der Waals surface area contributed by atoms with Crippen molar-refractivity contribution in [3.8, 4) is 0 Å². The molecule has 2 rings (SSSR count). The van der Waals surface area contributed by atoms with Gasteiger partial charge in [0.15, 0.2) is 0 Å². The molecule has 4 heteroatoms. The molecule has 0 radical (unpaired) electrons. The molecule has 100 valence electrons. The van der Waals surface area contributed by atoms with E-state index in [0.29, 0.717) is 0 Å². The van der Waals surface area contributed by atoms with E-state index in [0.717, 1.165) is 32.5 Å². The topological polar surface area (TPSA) is 32.3 Å². The number of hydrogen-bond acceptors (Lipinski definition) is 3. The van der Waals surface area contributed by atoms with Gasteiger partial charge in [-0.25, -0.2) is 0 Å². The molecule has 0 aromatic carbocycles. The highest BCUT2D eigenvalue weighted by atomic mass is 32.1. The quantitative estimate of drug-likeness (QED) is 0.887. The van der Waals surface area contributed by atoms with E-state index >= 15 is 0 Å². The average molecular weight is 266 g/mol. The fourth-order valence-corrected chi connectivity index (χ4v) is 3.11. The number of nitrogens with zero attached hydrogens (tertiary/aromatic N) is 1. The lowest BCUT2D eigenvalue weighted by molar-refractivity contribution is -0.133. The minimum atomic E-state index is 0.0574. The molecule has 1 fully saturated rings. The summed E-state index contributed by atoms with van der Waals surface area (Å²) in [5.41, 5.74) is 0. The predicted molar refractivity (Wildman–Crippen MR) is 75.9 cm³/mol. The Morgan fingerprint density at radius 3 is 3.06 bits per heavy atom. The zero-order valence-electron chi connectivity index (χ0n) is 11.0. The first-order valence-electron chi connectivity index (χ1n) is 6.86. The van der Waals surface area contributed by atoms with Crippen molar-refractivity contribution in [3.05, 3.63) is 22.4 Å². The first-order chi connectivity index (χ1) is 8.81. The highest BCUT2D eigenvalue weighted by molar-refractivity contribution is 7.09. The molecule has 1 saturated heterocycles. The van der Waals surface area contributed by atoms with E-state index < -0.39 is 0 Å². The van der Waals surface area contributed by atoms with Gasteiger partial charge in [-0.3, -0.25) is 4.79 Å². The summed E-state index contributed by atoms with van der Waals surface area (Å²) >= 11 is 1.77. The number of likely N-dealkylation sites (N-methyl/N-ethyl adjacent to an activating group) is 1. The molecule has 1 aromatic heterocycles. The molecule has 0 bridgehead atoms. The number of thiophene rings is 1. The van der Waals surface area contributed by atoms with Crippen molar-refractivity contribution in [3.63, 3.8) is 0 Å². The summed E-state index contributed by atoms with van der Waals surface area (Å²) in [5.74, 6) is 0.286. The lowest BCUT2D eigenvalue weighted by atomic mass is 10.0. The van der Waals surface area contributed by atoms with Gasteiger partial charge in [-0.15, -0.1) is 11.3 Å². The van der Waals surface area contributed by atoms with E-state index in [-0.39, 0.29) is 11.9 Å². The molecule has 0 aliphatic carbocycles. The van der Waals surface area contributed by atoms with E-state index in [1.165, 1.54) is 17.7 Å². The lowest BCUT2D eigenvalue weighted by Crippen LogP contribution is -2.49. The number of hydrogen-bond donors (Lipinski definition) is 1. The van der Waals surface area contributed by atoms with E-state index in [1.807, 2.05) is 4.90 Å². The molecule has 1 unspecified atom stereocenters. The molecule has 3 nitrogen and oxygen atoms in total. The lowest BCUT2D eigenvalue weighted by Gasteiger charge is -2.29. The first kappa shape index (κ1) is 13.6. The van der Waals surface area contributed by atoms with Gasteiger partial charge in [0.2, 0.25) is 5.91 Å². The summed E-state index contributed by atoms with van der Waals surface area (Å²) < 4.78 is 0. The first-order valence-corrected chi connectivity index (χ1v) is 7.73. The number of rotatable bonds is 5. The Labute approximate surface area is 113 Å². The second kappa shape index (κ2) is 6.90. The van der Waals surface area contributed by atoms with Crippen LogP contribution in [0.2, 0.25) is 0 Å². The van der Waals surface area contributed by atoms with E-state index in [1.54, 1.807) is 11.3 Å². The number of carbonyl (C=O) groups excluding carboxylic acids is 1. The zero-order chi connectivity index (χ0) is 12.8. The molecule has 1 atom stereocenters. The molecule has 0 spiro atoms. The molecule has 1 amide bonds. The Morgan fingerprint density at radius 2 is 2.44 bits per heavy atom. The Balaban J connectivity index is 1.85. The molecular weight excluding hydrogens is 244 g/mol. The van der Waals surface area contributed by atoms with Crippen molar-refractivity contribution in [2.24, 2.45) is 0 Å². The van der Waals surface area contributed by atoms with Crippen LogP contribution in [-0.4, -0.2) is 36.5 Å². The molecule has 18 heavy (non-hydrogen) atoms. The van der Waals surface area contributed by atoms with Gasteiger partial charge in [-0.1, -0.05) is 12.5 Å². The summed E-state index contributed by atoms with van der Waals surface area (Å²) in [7, 11) is 0. The normalized spacial score (nSPS) is 19.7. The maximum Gasteiger partial charge on any atom is 0.239 e. The van der Waals surface area contributed by atoms with Gasteiger partial charge in [0.05, 0.1) is 6.04 Å². The second-order valence-electron chi connectivity index (χ2n) is 4.75. The van der Waals surface area contributed by atoms with Crippen LogP contribution in [0.3, 0.4) is 0 Å². The molecule has 0 saturated carbocycles. The van der Waals surface area contributed by atoms with Crippen LogP contribution in [0.4, 0.5) is 0 Å². The predicted octanol–water partition coefficient (Wildman–Crippen LogP) is 2.28. The van der Waals surface area contributed by atoms with E-state index in [2.05, 4.69) is 29.8 Å². The van der Waals surface area contributed by atoms with Gasteiger partial charge in [0.25, 0.3) is 0 Å². The van der Waals surface area contributed by atoms with Crippen molar-refractivity contribution in [2.45, 2.75) is 38.6 Å². The van der Waals surface area contributed by atoms with Crippen molar-refractivity contribution in [2.75, 3.05) is 19.6 Å². The Bertz CT molecular complexity index is 358. The van der Waals surface area contributed by atoms with Gasteiger partial charge in [0.1, 0.15) is 0 Å². The maximum absolute atomic E-state index is 12.4. The van der Waals surface area contributed by atoms with E-state index in [9.17, 15) is 4.79 Å². The van der Waals surface area contributed by atoms with Crippen LogP contribution in [0.5, 0.6) is 0 Å². The van der Waals surface area contributed by atoms with Crippen LogP contribution in [-0.2, 0) is 11.2 Å². The summed E-state index contributed by atoms with van der Waals surface area (Å²) in [6, 6.07) is 4.27. The standard InChI is InChI=1S/C14H22N2OS/c1-2-16(10-8-12-6-5-11-18-12)14(17)13-7-3-4-9-15-13/h5-6,11,13,15H,2-4,7-10H2,1H3. The fraction of sp³-hybridized carbons (Fsp3) is 0.643. The largest absolute Gasteiger partial charge is 0.341 e. The monoisotopic (exact) mass is 266 g/mol. The summed E-state index contributed by atoms with van der Waals surface area (Å²) in [6.07, 6.45) is 4.34. The van der Waals surface area contributed by atoms with Crippen LogP contribution in [0.25, 0.3) is 0 Å². The van der Waals surface area contributed by atoms with Crippen molar-refractivity contribution in [1.29, 1.82) is 0 Å². The number of nitrogens with one attached hydrogen (secondary N) is 1. The summed E-state index contributed by atoms with van der Waals surface area (Å²) in [6.45, 7) is 4.70. The number of piperidine rings is 1. The third kappa shape index (κ3) is 3.56. The average Bonchev–Trinajstić information content (AvgIpc) is 2.93. The maximum atomic E-state index is 12.4. The molecule has 1 aliphatic heterocycles. The van der Waals surface area contributed by atoms with Crippen LogP contribution < -0.4 is 5.32 Å². The molecule has 2 heterocycles. The van der Waals surface area contributed by atoms with Gasteiger partial charge >= 0.3 is 0 Å². The number of carbonyl (C=O) groups is 1. The highest BCUT2D eigenvalue weighted by Crippen LogP contribution is 2.13. The second-order valence-corrected chi connectivity index (χ2v) is 5.78. The van der Waals surface area contributed by atoms with E-state index in [4.69, 9.17) is 0 Å².